The van der Waals surface area contributed by atoms with Gasteiger partial charge in [0.15, 0.2) is 5.43 Å². The van der Waals surface area contributed by atoms with Crippen LogP contribution in [0, 0.1) is 5.92 Å². The second-order valence-electron chi connectivity index (χ2n) is 8.54. The van der Waals surface area contributed by atoms with Crippen LogP contribution in [0.4, 0.5) is 5.95 Å². The molecule has 0 aliphatic carbocycles. The largest absolute Gasteiger partial charge is 0.494 e. The van der Waals surface area contributed by atoms with E-state index >= 15 is 0 Å². The molecule has 0 fully saturated rings. The van der Waals surface area contributed by atoms with Crippen molar-refractivity contribution in [1.29, 1.82) is 0 Å². The molecule has 0 radical (unpaired) electrons. The highest BCUT2D eigenvalue weighted by Gasteiger charge is 2.45. The number of ether oxygens (including phenoxy) is 1. The lowest BCUT2D eigenvalue weighted by atomic mass is 9.98. The van der Waals surface area contributed by atoms with Gasteiger partial charge in [-0.2, -0.15) is 0 Å². The molecule has 7 nitrogen and oxygen atoms in total. The van der Waals surface area contributed by atoms with Gasteiger partial charge in [0.05, 0.1) is 23.6 Å². The Hall–Kier alpha value is -3.52. The zero-order valence-corrected chi connectivity index (χ0v) is 20.3. The Morgan fingerprint density at radius 2 is 1.88 bits per heavy atom. The van der Waals surface area contributed by atoms with Crippen LogP contribution in [0.25, 0.3) is 11.0 Å². The normalized spacial score (nSPS) is 15.2. The maximum atomic E-state index is 13.7. The average Bonchev–Trinajstić information content (AvgIpc) is 3.13. The maximum Gasteiger partial charge on any atom is 0.297 e. The summed E-state index contributed by atoms with van der Waals surface area (Å²) in [6.45, 7) is 4.86. The number of fused-ring (bicyclic) bond motifs is 2. The van der Waals surface area contributed by atoms with Crippen LogP contribution in [-0.2, 0) is 0 Å². The molecule has 172 valence electrons. The quantitative estimate of drug-likeness (QED) is 0.333. The number of amides is 1. The molecule has 1 atom stereocenters. The standard InChI is InChI=1S/C26H22BrN3O4/c1-15(2)9-12-33-18-6-3-5-16(13-18)22-21-23(31)19-14-17(27)7-8-20(19)34-24(21)25(32)30(22)26-28-10-4-11-29-26/h3-8,10-11,13-15,22H,9,12H2,1-2H3. The molecule has 0 N–H and O–H groups in total. The summed E-state index contributed by atoms with van der Waals surface area (Å²) < 4.78 is 12.7. The number of hydrogen-bond donors (Lipinski definition) is 0. The first-order valence-corrected chi connectivity index (χ1v) is 11.8. The van der Waals surface area contributed by atoms with Gasteiger partial charge in [-0.15, -0.1) is 0 Å². The minimum Gasteiger partial charge on any atom is -0.494 e. The fourth-order valence-corrected chi connectivity index (χ4v) is 4.43. The molecule has 1 aliphatic heterocycles. The summed E-state index contributed by atoms with van der Waals surface area (Å²) in [4.78, 5) is 37.2. The molecular weight excluding hydrogens is 498 g/mol. The van der Waals surface area contributed by atoms with E-state index in [1.54, 1.807) is 36.7 Å². The second-order valence-corrected chi connectivity index (χ2v) is 9.46. The number of carbonyl (C=O) groups is 1. The number of aromatic nitrogens is 2. The molecule has 8 heteroatoms. The maximum absolute atomic E-state index is 13.7. The highest BCUT2D eigenvalue weighted by Crippen LogP contribution is 2.40. The van der Waals surface area contributed by atoms with Crippen molar-refractivity contribution in [1.82, 2.24) is 9.97 Å². The van der Waals surface area contributed by atoms with Crippen LogP contribution in [0.1, 0.15) is 48.0 Å². The van der Waals surface area contributed by atoms with Gasteiger partial charge >= 0.3 is 0 Å². The predicted molar refractivity (Wildman–Crippen MR) is 132 cm³/mol. The van der Waals surface area contributed by atoms with Crippen LogP contribution < -0.4 is 15.1 Å². The van der Waals surface area contributed by atoms with E-state index in [0.717, 1.165) is 10.9 Å². The molecule has 1 amide bonds. The van der Waals surface area contributed by atoms with Crippen LogP contribution in [0.3, 0.4) is 0 Å². The number of halogens is 1. The van der Waals surface area contributed by atoms with E-state index in [9.17, 15) is 9.59 Å². The molecular formula is C26H22BrN3O4. The van der Waals surface area contributed by atoms with Crippen molar-refractivity contribution in [3.8, 4) is 5.75 Å². The van der Waals surface area contributed by atoms with Crippen LogP contribution in [0.15, 0.2) is 74.6 Å². The summed E-state index contributed by atoms with van der Waals surface area (Å²) in [5.41, 5.74) is 1.06. The Morgan fingerprint density at radius 3 is 2.65 bits per heavy atom. The van der Waals surface area contributed by atoms with Crippen molar-refractivity contribution in [3.05, 3.63) is 92.5 Å². The number of benzene rings is 2. The first kappa shape index (κ1) is 22.3. The number of hydrogen-bond acceptors (Lipinski definition) is 6. The van der Waals surface area contributed by atoms with Crippen molar-refractivity contribution >= 4 is 38.8 Å². The van der Waals surface area contributed by atoms with Gasteiger partial charge in [-0.3, -0.25) is 14.5 Å². The van der Waals surface area contributed by atoms with Crippen molar-refractivity contribution in [3.63, 3.8) is 0 Å². The van der Waals surface area contributed by atoms with Crippen LogP contribution in [0.5, 0.6) is 5.75 Å². The van der Waals surface area contributed by atoms with Gasteiger partial charge in [0.25, 0.3) is 5.91 Å². The zero-order chi connectivity index (χ0) is 23.8. The number of carbonyl (C=O) groups excluding carboxylic acids is 1. The number of anilines is 1. The van der Waals surface area contributed by atoms with E-state index in [1.807, 2.05) is 24.3 Å². The summed E-state index contributed by atoms with van der Waals surface area (Å²) in [5, 5.41) is 0.395. The Bertz CT molecular complexity index is 1440. The summed E-state index contributed by atoms with van der Waals surface area (Å²) in [5.74, 6) is 0.925. The van der Waals surface area contributed by atoms with Gasteiger partial charge < -0.3 is 9.15 Å². The van der Waals surface area contributed by atoms with Crippen molar-refractivity contribution in [2.75, 3.05) is 11.5 Å². The summed E-state index contributed by atoms with van der Waals surface area (Å²) in [6.07, 6.45) is 4.04. The van der Waals surface area contributed by atoms with E-state index in [-0.39, 0.29) is 22.7 Å². The fraction of sp³-hybridized carbons (Fsp3) is 0.231. The first-order valence-electron chi connectivity index (χ1n) is 11.0. The molecule has 4 aromatic rings. The SMILES string of the molecule is CC(C)CCOc1cccc(C2c3c(oc4ccc(Br)cc4c3=O)C(=O)N2c2ncccn2)c1. The Balaban J connectivity index is 1.68. The lowest BCUT2D eigenvalue weighted by Crippen LogP contribution is -2.31. The molecule has 3 heterocycles. The van der Waals surface area contributed by atoms with E-state index in [4.69, 9.17) is 9.15 Å². The lowest BCUT2D eigenvalue weighted by Gasteiger charge is -2.23. The molecule has 0 saturated heterocycles. The van der Waals surface area contributed by atoms with Crippen molar-refractivity contribution in [2.24, 2.45) is 5.92 Å². The fourth-order valence-electron chi connectivity index (χ4n) is 4.07. The Labute approximate surface area is 204 Å². The van der Waals surface area contributed by atoms with Gasteiger partial charge in [0.2, 0.25) is 11.7 Å². The molecule has 2 aromatic heterocycles. The average molecular weight is 520 g/mol. The molecule has 1 aliphatic rings. The summed E-state index contributed by atoms with van der Waals surface area (Å²) >= 11 is 3.42. The minimum absolute atomic E-state index is 0.00315. The third-order valence-electron chi connectivity index (χ3n) is 5.74. The van der Waals surface area contributed by atoms with Crippen LogP contribution in [0.2, 0.25) is 0 Å². The van der Waals surface area contributed by atoms with Crippen molar-refractivity contribution < 1.29 is 13.9 Å². The number of nitrogens with zero attached hydrogens (tertiary/aromatic N) is 3. The third-order valence-corrected chi connectivity index (χ3v) is 6.23. The Morgan fingerprint density at radius 1 is 1.09 bits per heavy atom. The molecule has 34 heavy (non-hydrogen) atoms. The molecule has 0 spiro atoms. The molecule has 0 saturated carbocycles. The van der Waals surface area contributed by atoms with E-state index < -0.39 is 11.9 Å². The highest BCUT2D eigenvalue weighted by atomic mass is 79.9. The monoisotopic (exact) mass is 519 g/mol. The van der Waals surface area contributed by atoms with Gasteiger partial charge in [0, 0.05) is 16.9 Å². The molecule has 1 unspecified atom stereocenters. The molecule has 0 bridgehead atoms. The number of rotatable bonds is 6. The summed E-state index contributed by atoms with van der Waals surface area (Å²) in [7, 11) is 0. The van der Waals surface area contributed by atoms with Gasteiger partial charge in [-0.05, 0) is 54.3 Å². The van der Waals surface area contributed by atoms with E-state index in [2.05, 4.69) is 39.7 Å². The smallest absolute Gasteiger partial charge is 0.297 e. The highest BCUT2D eigenvalue weighted by molar-refractivity contribution is 9.10. The first-order chi connectivity index (χ1) is 16.4. The predicted octanol–water partition coefficient (Wildman–Crippen LogP) is 5.52. The topological polar surface area (TPSA) is 85.5 Å². The minimum atomic E-state index is -0.752. The molecule has 2 aromatic carbocycles. The van der Waals surface area contributed by atoms with Gasteiger partial charge in [-0.25, -0.2) is 9.97 Å². The lowest BCUT2D eigenvalue weighted by molar-refractivity contribution is 0.0969. The van der Waals surface area contributed by atoms with E-state index in [1.165, 1.54) is 4.90 Å². The van der Waals surface area contributed by atoms with Crippen molar-refractivity contribution in [2.45, 2.75) is 26.3 Å². The summed E-state index contributed by atoms with van der Waals surface area (Å²) in [6, 6.07) is 13.5. The second kappa shape index (κ2) is 9.02. The molecule has 5 rings (SSSR count). The zero-order valence-electron chi connectivity index (χ0n) is 18.7. The van der Waals surface area contributed by atoms with Crippen LogP contribution in [-0.4, -0.2) is 22.5 Å². The van der Waals surface area contributed by atoms with Gasteiger partial charge in [-0.1, -0.05) is 41.9 Å². The van der Waals surface area contributed by atoms with Crippen LogP contribution >= 0.6 is 15.9 Å². The van der Waals surface area contributed by atoms with E-state index in [0.29, 0.717) is 34.8 Å². The third kappa shape index (κ3) is 3.98. The van der Waals surface area contributed by atoms with Gasteiger partial charge in [0.1, 0.15) is 11.3 Å². The Kier molecular flexibility index (Phi) is 5.91.